The normalized spacial score (nSPS) is 20.4. The number of anilines is 1. The summed E-state index contributed by atoms with van der Waals surface area (Å²) in [5, 5.41) is 4.97. The van der Waals surface area contributed by atoms with Crippen LogP contribution in [-0.4, -0.2) is 49.1 Å². The predicted molar refractivity (Wildman–Crippen MR) is 150 cm³/mol. The molecule has 2 aromatic carbocycles. The van der Waals surface area contributed by atoms with Crippen LogP contribution in [0.5, 0.6) is 0 Å². The van der Waals surface area contributed by atoms with Gasteiger partial charge in [-0.1, -0.05) is 44.5 Å². The minimum absolute atomic E-state index is 0.0657. The fourth-order valence-corrected chi connectivity index (χ4v) is 7.82. The zero-order valence-electron chi connectivity index (χ0n) is 21.7. The van der Waals surface area contributed by atoms with Crippen LogP contribution in [0.15, 0.2) is 70.9 Å². The summed E-state index contributed by atoms with van der Waals surface area (Å²) in [6.07, 6.45) is 2.80. The van der Waals surface area contributed by atoms with E-state index in [-0.39, 0.29) is 22.6 Å². The van der Waals surface area contributed by atoms with Crippen molar-refractivity contribution >= 4 is 38.9 Å². The van der Waals surface area contributed by atoms with Crippen molar-refractivity contribution < 1.29 is 18.0 Å². The van der Waals surface area contributed by atoms with Crippen LogP contribution in [0.4, 0.5) is 5.69 Å². The van der Waals surface area contributed by atoms with Crippen molar-refractivity contribution in [2.75, 3.05) is 25.0 Å². The molecule has 0 saturated carbocycles. The van der Waals surface area contributed by atoms with E-state index in [0.717, 1.165) is 24.1 Å². The molecule has 1 aromatic heterocycles. The minimum atomic E-state index is -3.55. The maximum atomic E-state index is 13.9. The largest absolute Gasteiger partial charge is 0.329 e. The second kappa shape index (κ2) is 11.0. The summed E-state index contributed by atoms with van der Waals surface area (Å²) in [6.45, 7) is 5.74. The van der Waals surface area contributed by atoms with Crippen molar-refractivity contribution in [3.63, 3.8) is 0 Å². The Bertz CT molecular complexity index is 1400. The van der Waals surface area contributed by atoms with Gasteiger partial charge in [-0.05, 0) is 66.1 Å². The molecule has 3 heterocycles. The van der Waals surface area contributed by atoms with Crippen molar-refractivity contribution in [1.82, 2.24) is 9.21 Å². The van der Waals surface area contributed by atoms with E-state index in [1.807, 2.05) is 40.6 Å². The first-order valence-electron chi connectivity index (χ1n) is 13.1. The van der Waals surface area contributed by atoms with E-state index >= 15 is 0 Å². The summed E-state index contributed by atoms with van der Waals surface area (Å²) in [7, 11) is -3.55. The van der Waals surface area contributed by atoms with Gasteiger partial charge in [0.05, 0.1) is 16.9 Å². The van der Waals surface area contributed by atoms with E-state index in [9.17, 15) is 18.0 Å². The molecular formula is C29H33N3O4S2. The standard InChI is InChI=1S/C29H33N3O4S2/c1-20(2)19-32-27(25-11-8-18-37-25)26(23-9-4-5-10-24(23)29(32)34)28(33)30-21-12-14-22(15-13-21)38(35,36)31-16-6-3-7-17-31/h4-5,8-15,18,20,26-27H,3,6-7,16-17,19H2,1-2H3,(H,30,33)/t26-,27-/m0/s1. The zero-order valence-corrected chi connectivity index (χ0v) is 23.3. The number of rotatable bonds is 7. The lowest BCUT2D eigenvalue weighted by Gasteiger charge is -2.42. The first-order valence-corrected chi connectivity index (χ1v) is 15.4. The van der Waals surface area contributed by atoms with Crippen molar-refractivity contribution in [1.29, 1.82) is 0 Å². The summed E-state index contributed by atoms with van der Waals surface area (Å²) in [5.41, 5.74) is 1.77. The molecule has 200 valence electrons. The lowest BCUT2D eigenvalue weighted by atomic mass is 9.81. The van der Waals surface area contributed by atoms with Gasteiger partial charge in [0.1, 0.15) is 0 Å². The van der Waals surface area contributed by atoms with E-state index in [1.54, 1.807) is 30.3 Å². The van der Waals surface area contributed by atoms with E-state index in [4.69, 9.17) is 0 Å². The average Bonchev–Trinajstić information content (AvgIpc) is 3.45. The number of fused-ring (bicyclic) bond motifs is 1. The molecule has 2 aliphatic heterocycles. The Morgan fingerprint density at radius 2 is 1.71 bits per heavy atom. The van der Waals surface area contributed by atoms with Crippen molar-refractivity contribution in [2.24, 2.45) is 5.92 Å². The maximum absolute atomic E-state index is 13.9. The highest BCUT2D eigenvalue weighted by molar-refractivity contribution is 7.89. The molecule has 1 saturated heterocycles. The molecule has 0 bridgehead atoms. The molecule has 0 aliphatic carbocycles. The summed E-state index contributed by atoms with van der Waals surface area (Å²) in [5.74, 6) is -0.685. The molecule has 9 heteroatoms. The van der Waals surface area contributed by atoms with Crippen LogP contribution >= 0.6 is 11.3 Å². The van der Waals surface area contributed by atoms with Gasteiger partial charge in [-0.3, -0.25) is 9.59 Å². The number of hydrogen-bond donors (Lipinski definition) is 1. The molecule has 5 rings (SSSR count). The van der Waals surface area contributed by atoms with E-state index in [2.05, 4.69) is 19.2 Å². The van der Waals surface area contributed by atoms with Crippen LogP contribution < -0.4 is 5.32 Å². The lowest BCUT2D eigenvalue weighted by molar-refractivity contribution is -0.119. The fraction of sp³-hybridized carbons (Fsp3) is 0.379. The number of thiophene rings is 1. The lowest BCUT2D eigenvalue weighted by Crippen LogP contribution is -2.47. The minimum Gasteiger partial charge on any atom is -0.329 e. The molecule has 7 nitrogen and oxygen atoms in total. The van der Waals surface area contributed by atoms with Gasteiger partial charge >= 0.3 is 0 Å². The summed E-state index contributed by atoms with van der Waals surface area (Å²) < 4.78 is 27.6. The Morgan fingerprint density at radius 3 is 2.37 bits per heavy atom. The Kier molecular flexibility index (Phi) is 7.70. The molecule has 3 aromatic rings. The maximum Gasteiger partial charge on any atom is 0.254 e. The van der Waals surface area contributed by atoms with Crippen LogP contribution in [0.2, 0.25) is 0 Å². The molecule has 0 radical (unpaired) electrons. The third-order valence-corrected chi connectivity index (χ3v) is 10.0. The van der Waals surface area contributed by atoms with Crippen LogP contribution in [0.3, 0.4) is 0 Å². The Morgan fingerprint density at radius 1 is 1.00 bits per heavy atom. The molecule has 1 fully saturated rings. The third-order valence-electron chi connectivity index (χ3n) is 7.19. The number of nitrogens with one attached hydrogen (secondary N) is 1. The highest BCUT2D eigenvalue weighted by Gasteiger charge is 2.44. The molecule has 1 N–H and O–H groups in total. The zero-order chi connectivity index (χ0) is 26.9. The van der Waals surface area contributed by atoms with Gasteiger partial charge in [-0.2, -0.15) is 4.31 Å². The van der Waals surface area contributed by atoms with Crippen LogP contribution in [0.1, 0.15) is 65.9 Å². The van der Waals surface area contributed by atoms with Crippen LogP contribution in [0.25, 0.3) is 0 Å². The molecule has 2 aliphatic rings. The first kappa shape index (κ1) is 26.6. The number of carbonyl (C=O) groups excluding carboxylic acids is 2. The van der Waals surface area contributed by atoms with Gasteiger partial charge in [0.2, 0.25) is 15.9 Å². The number of amides is 2. The Balaban J connectivity index is 1.46. The Labute approximate surface area is 228 Å². The molecule has 2 amide bonds. The van der Waals surface area contributed by atoms with Gasteiger partial charge in [0, 0.05) is 35.8 Å². The van der Waals surface area contributed by atoms with Crippen molar-refractivity contribution in [3.05, 3.63) is 82.0 Å². The first-order chi connectivity index (χ1) is 18.3. The monoisotopic (exact) mass is 551 g/mol. The van der Waals surface area contributed by atoms with Gasteiger partial charge in [0.25, 0.3) is 5.91 Å². The topological polar surface area (TPSA) is 86.8 Å². The molecule has 0 unspecified atom stereocenters. The second-order valence-electron chi connectivity index (χ2n) is 10.4. The quantitative estimate of drug-likeness (QED) is 0.420. The SMILES string of the molecule is CC(C)CN1C(=O)c2ccccc2[C@H](C(=O)Nc2ccc(S(=O)(=O)N3CCCCC3)cc2)[C@@H]1c1cccs1. The number of piperidine rings is 1. The number of sulfonamides is 1. The molecule has 38 heavy (non-hydrogen) atoms. The van der Waals surface area contributed by atoms with Gasteiger partial charge in [-0.15, -0.1) is 11.3 Å². The van der Waals surface area contributed by atoms with Gasteiger partial charge < -0.3 is 10.2 Å². The summed E-state index contributed by atoms with van der Waals surface area (Å²) in [4.78, 5) is 30.5. The Hall–Kier alpha value is -3.01. The number of nitrogens with zero attached hydrogens (tertiary/aromatic N) is 2. The van der Waals surface area contributed by atoms with Crippen LogP contribution in [0, 0.1) is 5.92 Å². The fourth-order valence-electron chi connectivity index (χ4n) is 5.43. The molecule has 0 spiro atoms. The van der Waals surface area contributed by atoms with E-state index < -0.39 is 22.0 Å². The number of carbonyl (C=O) groups is 2. The van der Waals surface area contributed by atoms with Crippen molar-refractivity contribution in [2.45, 2.75) is 50.0 Å². The molecule has 2 atom stereocenters. The van der Waals surface area contributed by atoms with E-state index in [0.29, 0.717) is 36.4 Å². The predicted octanol–water partition coefficient (Wildman–Crippen LogP) is 5.50. The van der Waals surface area contributed by atoms with Gasteiger partial charge in [0.15, 0.2) is 0 Å². The highest BCUT2D eigenvalue weighted by atomic mass is 32.2. The average molecular weight is 552 g/mol. The number of hydrogen-bond acceptors (Lipinski definition) is 5. The molecular weight excluding hydrogens is 518 g/mol. The van der Waals surface area contributed by atoms with Crippen molar-refractivity contribution in [3.8, 4) is 0 Å². The third kappa shape index (κ3) is 5.15. The summed E-state index contributed by atoms with van der Waals surface area (Å²) in [6, 6.07) is 17.2. The number of benzene rings is 2. The summed E-state index contributed by atoms with van der Waals surface area (Å²) >= 11 is 1.54. The van der Waals surface area contributed by atoms with E-state index in [1.165, 1.54) is 15.6 Å². The smallest absolute Gasteiger partial charge is 0.254 e. The van der Waals surface area contributed by atoms with Crippen LogP contribution in [-0.2, 0) is 14.8 Å². The highest BCUT2D eigenvalue weighted by Crippen LogP contribution is 2.45. The second-order valence-corrected chi connectivity index (χ2v) is 13.3. The van der Waals surface area contributed by atoms with Gasteiger partial charge in [-0.25, -0.2) is 8.42 Å².